The van der Waals surface area contributed by atoms with Gasteiger partial charge < -0.3 is 14.8 Å². The summed E-state index contributed by atoms with van der Waals surface area (Å²) in [6, 6.07) is 16.3. The molecular weight excluding hydrogens is 328 g/mol. The number of nitrogens with one attached hydrogen (secondary N) is 1. The smallest absolute Gasteiger partial charge is 0.221 e. The van der Waals surface area contributed by atoms with Gasteiger partial charge in [-0.05, 0) is 29.7 Å². The molecule has 2 aromatic carbocycles. The Kier molecular flexibility index (Phi) is 6.63. The van der Waals surface area contributed by atoms with Crippen LogP contribution in [0.15, 0.2) is 48.5 Å². The van der Waals surface area contributed by atoms with Crippen molar-refractivity contribution in [3.8, 4) is 5.75 Å². The predicted molar refractivity (Wildman–Crippen MR) is 103 cm³/mol. The molecule has 1 saturated heterocycles. The number of nitrogens with zero attached hydrogens (tertiary/aromatic N) is 1. The normalized spacial score (nSPS) is 14.8. The van der Waals surface area contributed by atoms with Crippen molar-refractivity contribution >= 4 is 11.6 Å². The average molecular weight is 354 g/mol. The van der Waals surface area contributed by atoms with Gasteiger partial charge in [0.25, 0.3) is 0 Å². The zero-order valence-corrected chi connectivity index (χ0v) is 15.2. The van der Waals surface area contributed by atoms with Crippen molar-refractivity contribution in [1.29, 1.82) is 0 Å². The van der Waals surface area contributed by atoms with Crippen molar-refractivity contribution in [1.82, 2.24) is 4.90 Å². The first kappa shape index (κ1) is 18.4. The zero-order valence-electron chi connectivity index (χ0n) is 15.2. The van der Waals surface area contributed by atoms with E-state index in [1.807, 2.05) is 30.3 Å². The van der Waals surface area contributed by atoms with Crippen molar-refractivity contribution in [3.63, 3.8) is 0 Å². The van der Waals surface area contributed by atoms with Gasteiger partial charge in [0, 0.05) is 26.6 Å². The van der Waals surface area contributed by atoms with Gasteiger partial charge in [-0.1, -0.05) is 36.4 Å². The molecule has 0 unspecified atom stereocenters. The molecule has 0 saturated carbocycles. The molecule has 0 radical (unpaired) electrons. The summed E-state index contributed by atoms with van der Waals surface area (Å²) in [6.07, 6.45) is 0.821. The van der Waals surface area contributed by atoms with E-state index in [0.29, 0.717) is 12.4 Å². The van der Waals surface area contributed by atoms with Gasteiger partial charge in [0.2, 0.25) is 5.91 Å². The Morgan fingerprint density at radius 2 is 1.88 bits per heavy atom. The van der Waals surface area contributed by atoms with E-state index in [-0.39, 0.29) is 5.91 Å². The molecule has 138 valence electrons. The number of ether oxygens (including phenoxy) is 2. The van der Waals surface area contributed by atoms with Gasteiger partial charge in [-0.3, -0.25) is 9.69 Å². The second-order valence-corrected chi connectivity index (χ2v) is 6.48. The highest BCUT2D eigenvalue weighted by Crippen LogP contribution is 2.27. The summed E-state index contributed by atoms with van der Waals surface area (Å²) in [5.74, 6) is 0.616. The van der Waals surface area contributed by atoms with Crippen LogP contribution in [0.25, 0.3) is 0 Å². The molecular formula is C21H26N2O3. The first-order valence-corrected chi connectivity index (χ1v) is 9.08. The fraction of sp³-hybridized carbons (Fsp3) is 0.381. The molecule has 2 aromatic rings. The molecule has 1 aliphatic rings. The Morgan fingerprint density at radius 3 is 2.62 bits per heavy atom. The molecule has 1 aliphatic heterocycles. The van der Waals surface area contributed by atoms with E-state index in [2.05, 4.69) is 28.4 Å². The number of morpholine rings is 1. The quantitative estimate of drug-likeness (QED) is 0.831. The van der Waals surface area contributed by atoms with Gasteiger partial charge in [-0.25, -0.2) is 0 Å². The molecule has 0 aliphatic carbocycles. The molecule has 1 amide bonds. The lowest BCUT2D eigenvalue weighted by Crippen LogP contribution is -2.38. The summed E-state index contributed by atoms with van der Waals surface area (Å²) in [5.41, 5.74) is 3.11. The number of carbonyl (C=O) groups excluding carboxylic acids is 1. The standard InChI is InChI=1S/C21H26N2O3/c1-17(24)22-20-16-19(15-18-5-3-2-4-6-18)7-8-21(20)26-14-11-23-9-12-25-13-10-23/h2-8,16H,9-15H2,1H3,(H,22,24). The molecule has 5 heteroatoms. The minimum Gasteiger partial charge on any atom is -0.490 e. The van der Waals surface area contributed by atoms with Crippen LogP contribution >= 0.6 is 0 Å². The fourth-order valence-corrected chi connectivity index (χ4v) is 3.04. The number of amides is 1. The molecule has 3 rings (SSSR count). The third-order valence-corrected chi connectivity index (χ3v) is 4.37. The van der Waals surface area contributed by atoms with Crippen molar-refractivity contribution in [2.45, 2.75) is 13.3 Å². The number of benzene rings is 2. The van der Waals surface area contributed by atoms with Crippen LogP contribution in [0, 0.1) is 0 Å². The van der Waals surface area contributed by atoms with Crippen LogP contribution in [-0.4, -0.2) is 50.3 Å². The fourth-order valence-electron chi connectivity index (χ4n) is 3.04. The lowest BCUT2D eigenvalue weighted by Gasteiger charge is -2.26. The Bertz CT molecular complexity index is 712. The van der Waals surface area contributed by atoms with Gasteiger partial charge in [0.05, 0.1) is 18.9 Å². The van der Waals surface area contributed by atoms with E-state index >= 15 is 0 Å². The largest absolute Gasteiger partial charge is 0.490 e. The first-order valence-electron chi connectivity index (χ1n) is 9.08. The van der Waals surface area contributed by atoms with Crippen LogP contribution < -0.4 is 10.1 Å². The van der Waals surface area contributed by atoms with Crippen LogP contribution in [0.3, 0.4) is 0 Å². The Hall–Kier alpha value is -2.37. The predicted octanol–water partition coefficient (Wildman–Crippen LogP) is 2.95. The minimum absolute atomic E-state index is 0.0973. The summed E-state index contributed by atoms with van der Waals surface area (Å²) < 4.78 is 11.3. The second-order valence-electron chi connectivity index (χ2n) is 6.48. The lowest BCUT2D eigenvalue weighted by molar-refractivity contribution is -0.114. The van der Waals surface area contributed by atoms with E-state index in [9.17, 15) is 4.79 Å². The van der Waals surface area contributed by atoms with E-state index in [1.54, 1.807) is 0 Å². The summed E-state index contributed by atoms with van der Waals surface area (Å²) in [4.78, 5) is 13.9. The van der Waals surface area contributed by atoms with Crippen LogP contribution in [-0.2, 0) is 16.0 Å². The highest BCUT2D eigenvalue weighted by molar-refractivity contribution is 5.90. The van der Waals surface area contributed by atoms with Crippen molar-refractivity contribution in [2.75, 3.05) is 44.8 Å². The molecule has 0 aromatic heterocycles. The topological polar surface area (TPSA) is 50.8 Å². The van der Waals surface area contributed by atoms with Crippen LogP contribution in [0.5, 0.6) is 5.75 Å². The summed E-state index contributed by atoms with van der Waals surface area (Å²) in [7, 11) is 0. The van der Waals surface area contributed by atoms with Crippen molar-refractivity contribution in [2.24, 2.45) is 0 Å². The van der Waals surface area contributed by atoms with Gasteiger partial charge in [0.15, 0.2) is 0 Å². The molecule has 26 heavy (non-hydrogen) atoms. The molecule has 1 fully saturated rings. The molecule has 0 spiro atoms. The minimum atomic E-state index is -0.0973. The molecule has 0 atom stereocenters. The summed E-state index contributed by atoms with van der Waals surface area (Å²) in [6.45, 7) is 6.41. The number of anilines is 1. The number of hydrogen-bond donors (Lipinski definition) is 1. The maximum absolute atomic E-state index is 11.6. The van der Waals surface area contributed by atoms with Crippen molar-refractivity contribution < 1.29 is 14.3 Å². The third-order valence-electron chi connectivity index (χ3n) is 4.37. The maximum atomic E-state index is 11.6. The lowest BCUT2D eigenvalue weighted by atomic mass is 10.0. The monoisotopic (exact) mass is 354 g/mol. The van der Waals surface area contributed by atoms with E-state index < -0.39 is 0 Å². The van der Waals surface area contributed by atoms with Gasteiger partial charge in [-0.2, -0.15) is 0 Å². The summed E-state index contributed by atoms with van der Waals surface area (Å²) >= 11 is 0. The van der Waals surface area contributed by atoms with Crippen molar-refractivity contribution in [3.05, 3.63) is 59.7 Å². The Morgan fingerprint density at radius 1 is 1.12 bits per heavy atom. The Labute approximate surface area is 154 Å². The van der Waals surface area contributed by atoms with Gasteiger partial charge in [0.1, 0.15) is 12.4 Å². The molecule has 1 heterocycles. The second kappa shape index (κ2) is 9.36. The SMILES string of the molecule is CC(=O)Nc1cc(Cc2ccccc2)ccc1OCCN1CCOCC1. The molecule has 1 N–H and O–H groups in total. The van der Waals surface area contributed by atoms with E-state index in [4.69, 9.17) is 9.47 Å². The van der Waals surface area contributed by atoms with Crippen LogP contribution in [0.4, 0.5) is 5.69 Å². The third kappa shape index (κ3) is 5.58. The number of rotatable bonds is 7. The first-order chi connectivity index (χ1) is 12.7. The number of carbonyl (C=O) groups is 1. The highest BCUT2D eigenvalue weighted by atomic mass is 16.5. The average Bonchev–Trinajstić information content (AvgIpc) is 2.65. The van der Waals surface area contributed by atoms with Gasteiger partial charge >= 0.3 is 0 Å². The Balaban J connectivity index is 1.64. The maximum Gasteiger partial charge on any atom is 0.221 e. The molecule has 0 bridgehead atoms. The summed E-state index contributed by atoms with van der Waals surface area (Å²) in [5, 5.41) is 2.89. The van der Waals surface area contributed by atoms with E-state index in [1.165, 1.54) is 12.5 Å². The van der Waals surface area contributed by atoms with Crippen LogP contribution in [0.1, 0.15) is 18.1 Å². The zero-order chi connectivity index (χ0) is 18.2. The van der Waals surface area contributed by atoms with Crippen LogP contribution in [0.2, 0.25) is 0 Å². The van der Waals surface area contributed by atoms with E-state index in [0.717, 1.165) is 50.5 Å². The van der Waals surface area contributed by atoms with Gasteiger partial charge in [-0.15, -0.1) is 0 Å². The molecule has 5 nitrogen and oxygen atoms in total. The highest BCUT2D eigenvalue weighted by Gasteiger charge is 2.12. The number of hydrogen-bond acceptors (Lipinski definition) is 4.